The second-order valence-electron chi connectivity index (χ2n) is 6.35. The number of carbonyl (C=O) groups is 1. The number of likely N-dealkylation sites (tertiary alicyclic amines) is 1. The van der Waals surface area contributed by atoms with Crippen molar-refractivity contribution in [1.29, 1.82) is 0 Å². The number of rotatable bonds is 4. The van der Waals surface area contributed by atoms with E-state index in [2.05, 4.69) is 5.32 Å². The molecule has 2 aliphatic rings. The van der Waals surface area contributed by atoms with Gasteiger partial charge >= 0.3 is 0 Å². The molecule has 1 aromatic carbocycles. The molecule has 2 atom stereocenters. The average Bonchev–Trinajstić information content (AvgIpc) is 2.93. The van der Waals surface area contributed by atoms with E-state index in [0.29, 0.717) is 23.7 Å². The molecule has 0 unspecified atom stereocenters. The van der Waals surface area contributed by atoms with Crippen molar-refractivity contribution >= 4 is 5.91 Å². The third-order valence-electron chi connectivity index (χ3n) is 5.02. The van der Waals surface area contributed by atoms with E-state index in [0.717, 1.165) is 50.9 Å². The van der Waals surface area contributed by atoms with Gasteiger partial charge in [-0.2, -0.15) is 0 Å². The van der Waals surface area contributed by atoms with Crippen LogP contribution in [0.5, 0.6) is 11.5 Å². The number of benzene rings is 1. The number of nitrogens with one attached hydrogen (secondary N) is 1. The molecule has 0 aliphatic carbocycles. The molecule has 2 fully saturated rings. The molecule has 5 nitrogen and oxygen atoms in total. The predicted molar refractivity (Wildman–Crippen MR) is 89.2 cm³/mol. The lowest BCUT2D eigenvalue weighted by molar-refractivity contribution is 0.0758. The van der Waals surface area contributed by atoms with Crippen molar-refractivity contribution in [3.05, 3.63) is 23.8 Å². The summed E-state index contributed by atoms with van der Waals surface area (Å²) in [6.45, 7) is 6.40. The third kappa shape index (κ3) is 3.44. The van der Waals surface area contributed by atoms with Gasteiger partial charge in [-0.1, -0.05) is 0 Å². The Morgan fingerprint density at radius 2 is 1.91 bits per heavy atom. The van der Waals surface area contributed by atoms with Crippen LogP contribution in [0, 0.1) is 11.8 Å². The van der Waals surface area contributed by atoms with Crippen LogP contribution in [0.25, 0.3) is 0 Å². The van der Waals surface area contributed by atoms with Crippen LogP contribution in [0.15, 0.2) is 18.2 Å². The Hall–Kier alpha value is -1.75. The highest BCUT2D eigenvalue weighted by atomic mass is 16.5. The lowest BCUT2D eigenvalue weighted by Crippen LogP contribution is -2.32. The Balaban J connectivity index is 1.72. The maximum absolute atomic E-state index is 12.8. The summed E-state index contributed by atoms with van der Waals surface area (Å²) in [5.74, 6) is 2.85. The first-order valence-electron chi connectivity index (χ1n) is 8.53. The molecular weight excluding hydrogens is 292 g/mol. The zero-order valence-corrected chi connectivity index (χ0v) is 14.0. The summed E-state index contributed by atoms with van der Waals surface area (Å²) in [4.78, 5) is 14.8. The fraction of sp³-hybridized carbons (Fsp3) is 0.611. The third-order valence-corrected chi connectivity index (χ3v) is 5.02. The summed E-state index contributed by atoms with van der Waals surface area (Å²) < 4.78 is 10.9. The topological polar surface area (TPSA) is 50.8 Å². The van der Waals surface area contributed by atoms with Crippen molar-refractivity contribution in [2.24, 2.45) is 11.8 Å². The van der Waals surface area contributed by atoms with Crippen LogP contribution in [0.3, 0.4) is 0 Å². The Labute approximate surface area is 137 Å². The molecule has 1 amide bonds. The summed E-state index contributed by atoms with van der Waals surface area (Å²) >= 11 is 0. The van der Waals surface area contributed by atoms with E-state index in [1.54, 1.807) is 13.2 Å². The summed E-state index contributed by atoms with van der Waals surface area (Å²) in [7, 11) is 1.60. The van der Waals surface area contributed by atoms with E-state index >= 15 is 0 Å². The number of hydrogen-bond acceptors (Lipinski definition) is 4. The Bertz CT molecular complexity index is 547. The minimum absolute atomic E-state index is 0.0966. The monoisotopic (exact) mass is 318 g/mol. The lowest BCUT2D eigenvalue weighted by atomic mass is 9.92. The lowest BCUT2D eigenvalue weighted by Gasteiger charge is -2.21. The average molecular weight is 318 g/mol. The molecule has 0 aromatic heterocycles. The van der Waals surface area contributed by atoms with Crippen molar-refractivity contribution < 1.29 is 14.3 Å². The second kappa shape index (κ2) is 7.21. The molecule has 2 saturated heterocycles. The minimum Gasteiger partial charge on any atom is -0.493 e. The van der Waals surface area contributed by atoms with Crippen molar-refractivity contribution in [2.45, 2.75) is 19.8 Å². The van der Waals surface area contributed by atoms with E-state index in [1.165, 1.54) is 0 Å². The Kier molecular flexibility index (Phi) is 5.06. The molecule has 0 spiro atoms. The first-order valence-corrected chi connectivity index (χ1v) is 8.53. The van der Waals surface area contributed by atoms with E-state index < -0.39 is 0 Å². The summed E-state index contributed by atoms with van der Waals surface area (Å²) in [6, 6.07) is 5.45. The maximum atomic E-state index is 12.8. The van der Waals surface area contributed by atoms with Crippen molar-refractivity contribution in [3.8, 4) is 11.5 Å². The normalized spacial score (nSPS) is 24.0. The number of amides is 1. The van der Waals surface area contributed by atoms with Gasteiger partial charge in [0.25, 0.3) is 5.91 Å². The highest BCUT2D eigenvalue weighted by molar-refractivity contribution is 5.95. The van der Waals surface area contributed by atoms with Crippen molar-refractivity contribution in [2.75, 3.05) is 39.9 Å². The van der Waals surface area contributed by atoms with Crippen LogP contribution >= 0.6 is 0 Å². The van der Waals surface area contributed by atoms with Crippen LogP contribution in [-0.4, -0.2) is 50.7 Å². The van der Waals surface area contributed by atoms with E-state index in [9.17, 15) is 4.79 Å². The molecule has 1 N–H and O–H groups in total. The first kappa shape index (κ1) is 16.1. The van der Waals surface area contributed by atoms with Crippen molar-refractivity contribution in [3.63, 3.8) is 0 Å². The molecule has 1 aromatic rings. The number of methoxy groups -OCH3 is 1. The Morgan fingerprint density at radius 3 is 2.52 bits per heavy atom. The number of carbonyl (C=O) groups excluding carboxylic acids is 1. The number of ether oxygens (including phenoxy) is 2. The van der Waals surface area contributed by atoms with Crippen LogP contribution in [0.4, 0.5) is 0 Å². The highest BCUT2D eigenvalue weighted by Gasteiger charge is 2.31. The molecule has 2 aliphatic heterocycles. The van der Waals surface area contributed by atoms with Gasteiger partial charge in [-0.3, -0.25) is 4.79 Å². The second-order valence-corrected chi connectivity index (χ2v) is 6.35. The molecule has 0 radical (unpaired) electrons. The molecule has 23 heavy (non-hydrogen) atoms. The summed E-state index contributed by atoms with van der Waals surface area (Å²) in [6.07, 6.45) is 2.19. The van der Waals surface area contributed by atoms with Gasteiger partial charge in [-0.25, -0.2) is 0 Å². The summed E-state index contributed by atoms with van der Waals surface area (Å²) in [5.41, 5.74) is 0.676. The van der Waals surface area contributed by atoms with E-state index in [4.69, 9.17) is 9.47 Å². The van der Waals surface area contributed by atoms with Crippen LogP contribution in [0.2, 0.25) is 0 Å². The zero-order valence-electron chi connectivity index (χ0n) is 14.0. The fourth-order valence-electron chi connectivity index (χ4n) is 3.68. The molecule has 0 saturated carbocycles. The highest BCUT2D eigenvalue weighted by Crippen LogP contribution is 2.30. The van der Waals surface area contributed by atoms with Gasteiger partial charge < -0.3 is 19.7 Å². The van der Waals surface area contributed by atoms with Crippen LogP contribution in [-0.2, 0) is 0 Å². The zero-order chi connectivity index (χ0) is 16.2. The van der Waals surface area contributed by atoms with Gasteiger partial charge in [0, 0.05) is 18.7 Å². The van der Waals surface area contributed by atoms with Gasteiger partial charge in [0.15, 0.2) is 11.5 Å². The Morgan fingerprint density at radius 1 is 1.22 bits per heavy atom. The molecule has 5 heteroatoms. The van der Waals surface area contributed by atoms with Crippen LogP contribution in [0.1, 0.15) is 30.1 Å². The molecule has 2 heterocycles. The van der Waals surface area contributed by atoms with Gasteiger partial charge in [0.05, 0.1) is 13.7 Å². The largest absolute Gasteiger partial charge is 0.493 e. The summed E-state index contributed by atoms with van der Waals surface area (Å²) in [5, 5.41) is 3.47. The molecule has 0 bridgehead atoms. The number of nitrogens with zero attached hydrogens (tertiary/aromatic N) is 1. The van der Waals surface area contributed by atoms with Gasteiger partial charge in [-0.05, 0) is 62.9 Å². The van der Waals surface area contributed by atoms with Crippen molar-refractivity contribution in [1.82, 2.24) is 10.2 Å². The molecule has 126 valence electrons. The van der Waals surface area contributed by atoms with Crippen LogP contribution < -0.4 is 14.8 Å². The van der Waals surface area contributed by atoms with Gasteiger partial charge in [-0.15, -0.1) is 0 Å². The fourth-order valence-corrected chi connectivity index (χ4v) is 3.68. The SMILES string of the molecule is CCOc1ccc(C(=O)N2CC[C@@H]3CNC[C@@H]3CC2)cc1OC. The van der Waals surface area contributed by atoms with E-state index in [-0.39, 0.29) is 5.91 Å². The van der Waals surface area contributed by atoms with Gasteiger partial charge in [0.2, 0.25) is 0 Å². The molecular formula is C18H26N2O3. The minimum atomic E-state index is 0.0966. The smallest absolute Gasteiger partial charge is 0.253 e. The number of fused-ring (bicyclic) bond motifs is 1. The quantitative estimate of drug-likeness (QED) is 0.924. The standard InChI is InChI=1S/C18H26N2O3/c1-3-23-16-5-4-13(10-17(16)22-2)18(21)20-8-6-14-11-19-12-15(14)7-9-20/h4-5,10,14-15,19H,3,6-9,11-12H2,1-2H3/t14-,15+. The molecule has 3 rings (SSSR count). The maximum Gasteiger partial charge on any atom is 0.253 e. The number of hydrogen-bond donors (Lipinski definition) is 1. The first-order chi connectivity index (χ1) is 11.2. The van der Waals surface area contributed by atoms with Gasteiger partial charge in [0.1, 0.15) is 0 Å². The predicted octanol–water partition coefficient (Wildman–Crippen LogP) is 2.17. The van der Waals surface area contributed by atoms with E-state index in [1.807, 2.05) is 24.0 Å².